The highest BCUT2D eigenvalue weighted by molar-refractivity contribution is 5.12. The number of rotatable bonds is 2. The van der Waals surface area contributed by atoms with Crippen molar-refractivity contribution in [1.82, 2.24) is 9.55 Å². The van der Waals surface area contributed by atoms with E-state index in [1.54, 1.807) is 13.8 Å². The summed E-state index contributed by atoms with van der Waals surface area (Å²) in [6, 6.07) is 0. The van der Waals surface area contributed by atoms with Gasteiger partial charge in [0.2, 0.25) is 11.7 Å². The minimum Gasteiger partial charge on any atom is -0.492 e. The van der Waals surface area contributed by atoms with Crippen molar-refractivity contribution in [2.45, 2.75) is 46.6 Å². The number of aromatic amines is 1. The van der Waals surface area contributed by atoms with Crippen molar-refractivity contribution in [3.8, 4) is 5.88 Å². The SMILES string of the molecule is CC(C)(C)CC(C)(C)n1c(O)c(F)c(=O)[nH]c1=O. The van der Waals surface area contributed by atoms with Gasteiger partial charge in [-0.25, -0.2) is 4.79 Å². The third kappa shape index (κ3) is 2.80. The second kappa shape index (κ2) is 4.26. The first-order chi connectivity index (χ1) is 7.96. The molecule has 0 unspecified atom stereocenters. The van der Waals surface area contributed by atoms with Gasteiger partial charge in [0, 0.05) is 5.54 Å². The Balaban J connectivity index is 3.47. The molecule has 0 aliphatic rings. The number of aromatic hydroxyl groups is 1. The number of hydrogen-bond acceptors (Lipinski definition) is 3. The van der Waals surface area contributed by atoms with E-state index in [2.05, 4.69) is 0 Å². The van der Waals surface area contributed by atoms with Crippen LogP contribution in [-0.4, -0.2) is 14.7 Å². The van der Waals surface area contributed by atoms with Crippen LogP contribution in [0.2, 0.25) is 0 Å². The summed E-state index contributed by atoms with van der Waals surface area (Å²) < 4.78 is 14.3. The van der Waals surface area contributed by atoms with Crippen LogP contribution in [0.15, 0.2) is 9.59 Å². The molecular weight excluding hydrogens is 239 g/mol. The van der Waals surface area contributed by atoms with Crippen LogP contribution in [0.25, 0.3) is 0 Å². The van der Waals surface area contributed by atoms with Crippen molar-refractivity contribution in [2.24, 2.45) is 5.41 Å². The fourth-order valence-corrected chi connectivity index (χ4v) is 2.44. The summed E-state index contributed by atoms with van der Waals surface area (Å²) in [5.41, 5.74) is -2.96. The molecule has 0 atom stereocenters. The molecule has 1 heterocycles. The van der Waals surface area contributed by atoms with Gasteiger partial charge in [-0.05, 0) is 25.7 Å². The zero-order valence-electron chi connectivity index (χ0n) is 11.3. The lowest BCUT2D eigenvalue weighted by molar-refractivity contribution is 0.185. The van der Waals surface area contributed by atoms with E-state index in [4.69, 9.17) is 0 Å². The van der Waals surface area contributed by atoms with E-state index in [-0.39, 0.29) is 5.41 Å². The predicted octanol–water partition coefficient (Wildman–Crippen LogP) is 1.55. The summed E-state index contributed by atoms with van der Waals surface area (Å²) in [7, 11) is 0. The minimum atomic E-state index is -1.34. The lowest BCUT2D eigenvalue weighted by atomic mass is 9.81. The Bertz CT molecular complexity index is 564. The Hall–Kier alpha value is -1.59. The zero-order chi connectivity index (χ0) is 14.3. The molecule has 0 aromatic carbocycles. The molecule has 6 heteroatoms. The monoisotopic (exact) mass is 258 g/mol. The van der Waals surface area contributed by atoms with Gasteiger partial charge in [-0.1, -0.05) is 20.8 Å². The van der Waals surface area contributed by atoms with Crippen LogP contribution in [0.5, 0.6) is 5.88 Å². The molecule has 1 rings (SSSR count). The van der Waals surface area contributed by atoms with Gasteiger partial charge in [0.1, 0.15) is 0 Å². The fourth-order valence-electron chi connectivity index (χ4n) is 2.44. The van der Waals surface area contributed by atoms with E-state index >= 15 is 0 Å². The molecule has 0 bridgehead atoms. The van der Waals surface area contributed by atoms with Gasteiger partial charge in [-0.15, -0.1) is 0 Å². The lowest BCUT2D eigenvalue weighted by Gasteiger charge is -2.34. The molecule has 5 nitrogen and oxygen atoms in total. The molecule has 0 fully saturated rings. The maximum atomic E-state index is 13.4. The smallest absolute Gasteiger partial charge is 0.331 e. The molecule has 102 valence electrons. The number of hydrogen-bond donors (Lipinski definition) is 2. The largest absolute Gasteiger partial charge is 0.492 e. The Morgan fingerprint density at radius 1 is 1.22 bits per heavy atom. The van der Waals surface area contributed by atoms with E-state index in [9.17, 15) is 19.1 Å². The van der Waals surface area contributed by atoms with Crippen LogP contribution >= 0.6 is 0 Å². The van der Waals surface area contributed by atoms with Gasteiger partial charge in [0.05, 0.1) is 0 Å². The molecule has 0 amide bonds. The predicted molar refractivity (Wildman–Crippen MR) is 66.3 cm³/mol. The van der Waals surface area contributed by atoms with E-state index < -0.39 is 28.5 Å². The van der Waals surface area contributed by atoms with Crippen molar-refractivity contribution in [3.05, 3.63) is 26.7 Å². The van der Waals surface area contributed by atoms with Crippen LogP contribution < -0.4 is 11.2 Å². The first kappa shape index (κ1) is 14.5. The summed E-state index contributed by atoms with van der Waals surface area (Å²) in [4.78, 5) is 24.6. The van der Waals surface area contributed by atoms with Gasteiger partial charge in [0.15, 0.2) is 0 Å². The highest BCUT2D eigenvalue weighted by Crippen LogP contribution is 2.33. The third-order valence-electron chi connectivity index (χ3n) is 2.60. The summed E-state index contributed by atoms with van der Waals surface area (Å²) >= 11 is 0. The molecule has 0 spiro atoms. The summed E-state index contributed by atoms with van der Waals surface area (Å²) in [5.74, 6) is -2.26. The Morgan fingerprint density at radius 3 is 2.17 bits per heavy atom. The number of halogens is 1. The average molecular weight is 258 g/mol. The van der Waals surface area contributed by atoms with Gasteiger partial charge >= 0.3 is 5.69 Å². The lowest BCUT2D eigenvalue weighted by Crippen LogP contribution is -2.43. The number of nitrogens with one attached hydrogen (secondary N) is 1. The summed E-state index contributed by atoms with van der Waals surface area (Å²) in [6.45, 7) is 9.32. The standard InChI is InChI=1S/C12H19FN2O3/c1-11(2,3)6-12(4,5)15-9(17)7(13)8(16)14-10(15)18/h17H,6H2,1-5H3,(H,14,16,18). The normalized spacial score (nSPS) is 12.8. The van der Waals surface area contributed by atoms with E-state index in [0.717, 1.165) is 4.57 Å². The van der Waals surface area contributed by atoms with Crippen molar-refractivity contribution in [1.29, 1.82) is 0 Å². The maximum absolute atomic E-state index is 13.4. The second-order valence-corrected chi connectivity index (χ2v) is 6.28. The van der Waals surface area contributed by atoms with Gasteiger partial charge < -0.3 is 5.11 Å². The molecule has 0 radical (unpaired) electrons. The van der Waals surface area contributed by atoms with Gasteiger partial charge in [-0.3, -0.25) is 14.3 Å². The molecular formula is C12H19FN2O3. The minimum absolute atomic E-state index is 0.123. The van der Waals surface area contributed by atoms with Crippen LogP contribution in [0.4, 0.5) is 4.39 Å². The van der Waals surface area contributed by atoms with Crippen LogP contribution in [0, 0.1) is 11.2 Å². The number of nitrogens with zero attached hydrogens (tertiary/aromatic N) is 1. The first-order valence-corrected chi connectivity index (χ1v) is 5.70. The Labute approximate surface area is 104 Å². The highest BCUT2D eigenvalue weighted by Gasteiger charge is 2.31. The maximum Gasteiger partial charge on any atom is 0.331 e. The molecule has 1 aromatic heterocycles. The second-order valence-electron chi connectivity index (χ2n) is 6.28. The molecule has 0 saturated carbocycles. The summed E-state index contributed by atoms with van der Waals surface area (Å²) in [5, 5.41) is 9.66. The quantitative estimate of drug-likeness (QED) is 0.845. The van der Waals surface area contributed by atoms with Crippen molar-refractivity contribution >= 4 is 0 Å². The Morgan fingerprint density at radius 2 is 1.72 bits per heavy atom. The topological polar surface area (TPSA) is 75.1 Å². The number of aromatic nitrogens is 2. The molecule has 0 saturated heterocycles. The molecule has 1 aromatic rings. The van der Waals surface area contributed by atoms with E-state index in [1.807, 2.05) is 25.8 Å². The summed E-state index contributed by atoms with van der Waals surface area (Å²) in [6.07, 6.45) is 0.527. The van der Waals surface area contributed by atoms with Crippen LogP contribution in [-0.2, 0) is 5.54 Å². The van der Waals surface area contributed by atoms with Crippen LogP contribution in [0.1, 0.15) is 41.0 Å². The third-order valence-corrected chi connectivity index (χ3v) is 2.60. The van der Waals surface area contributed by atoms with Crippen molar-refractivity contribution in [3.63, 3.8) is 0 Å². The van der Waals surface area contributed by atoms with E-state index in [0.29, 0.717) is 6.42 Å². The molecule has 18 heavy (non-hydrogen) atoms. The first-order valence-electron chi connectivity index (χ1n) is 5.70. The Kier molecular flexibility index (Phi) is 3.42. The van der Waals surface area contributed by atoms with Gasteiger partial charge in [0.25, 0.3) is 5.56 Å². The zero-order valence-corrected chi connectivity index (χ0v) is 11.3. The van der Waals surface area contributed by atoms with Gasteiger partial charge in [-0.2, -0.15) is 4.39 Å². The fraction of sp³-hybridized carbons (Fsp3) is 0.667. The van der Waals surface area contributed by atoms with Crippen molar-refractivity contribution in [2.75, 3.05) is 0 Å². The molecule has 0 aliphatic heterocycles. The molecule has 2 N–H and O–H groups in total. The average Bonchev–Trinajstić information content (AvgIpc) is 2.09. The molecule has 0 aliphatic carbocycles. The highest BCUT2D eigenvalue weighted by atomic mass is 19.1. The van der Waals surface area contributed by atoms with Crippen molar-refractivity contribution < 1.29 is 9.50 Å². The van der Waals surface area contributed by atoms with E-state index in [1.165, 1.54) is 0 Å². The number of H-pyrrole nitrogens is 1. The van der Waals surface area contributed by atoms with Crippen LogP contribution in [0.3, 0.4) is 0 Å².